The molecule has 86 valence electrons. The Kier molecular flexibility index (Phi) is 3.66. The van der Waals surface area contributed by atoms with Crippen LogP contribution in [0.5, 0.6) is 0 Å². The molecular formula is C15H21N. The van der Waals surface area contributed by atoms with Crippen LogP contribution in [0, 0.1) is 12.8 Å². The van der Waals surface area contributed by atoms with E-state index >= 15 is 0 Å². The zero-order chi connectivity index (χ0) is 11.4. The summed E-state index contributed by atoms with van der Waals surface area (Å²) in [6.07, 6.45) is 6.72. The molecule has 1 N–H and O–H groups in total. The molecule has 0 amide bonds. The van der Waals surface area contributed by atoms with E-state index in [1.807, 2.05) is 0 Å². The number of nitrogens with one attached hydrogen (secondary N) is 1. The van der Waals surface area contributed by atoms with Crippen LogP contribution in [0.3, 0.4) is 0 Å². The first-order valence-corrected chi connectivity index (χ1v) is 6.28. The average Bonchev–Trinajstić information content (AvgIpc) is 2.33. The summed E-state index contributed by atoms with van der Waals surface area (Å²) < 4.78 is 0. The molecule has 1 fully saturated rings. The Morgan fingerprint density at radius 2 is 1.75 bits per heavy atom. The molecule has 0 heterocycles. The minimum absolute atomic E-state index is 0.676. The smallest absolute Gasteiger partial charge is 0.0381 e. The van der Waals surface area contributed by atoms with Crippen LogP contribution in [-0.2, 0) is 0 Å². The van der Waals surface area contributed by atoms with E-state index in [4.69, 9.17) is 0 Å². The SMILES string of the molecule is C=C(Nc1ccc(C)cc1)C1CCCCC1. The largest absolute Gasteiger partial charge is 0.359 e. The van der Waals surface area contributed by atoms with E-state index in [2.05, 4.69) is 43.1 Å². The van der Waals surface area contributed by atoms with Crippen LogP contribution in [0.15, 0.2) is 36.5 Å². The first-order valence-electron chi connectivity index (χ1n) is 6.28. The molecule has 1 aliphatic carbocycles. The molecule has 0 aromatic heterocycles. The number of rotatable bonds is 3. The van der Waals surface area contributed by atoms with Crippen LogP contribution in [-0.4, -0.2) is 0 Å². The zero-order valence-electron chi connectivity index (χ0n) is 10.1. The number of anilines is 1. The molecule has 1 aromatic carbocycles. The van der Waals surface area contributed by atoms with E-state index in [0.29, 0.717) is 5.92 Å². The molecule has 0 bridgehead atoms. The van der Waals surface area contributed by atoms with Crippen molar-refractivity contribution in [3.63, 3.8) is 0 Å². The Morgan fingerprint density at radius 3 is 2.38 bits per heavy atom. The first kappa shape index (κ1) is 11.3. The number of allylic oxidation sites excluding steroid dienone is 1. The van der Waals surface area contributed by atoms with Crippen molar-refractivity contribution < 1.29 is 0 Å². The van der Waals surface area contributed by atoms with Gasteiger partial charge in [-0.15, -0.1) is 0 Å². The van der Waals surface area contributed by atoms with E-state index < -0.39 is 0 Å². The maximum Gasteiger partial charge on any atom is 0.0381 e. The van der Waals surface area contributed by atoms with Gasteiger partial charge in [-0.1, -0.05) is 43.5 Å². The van der Waals surface area contributed by atoms with Crippen molar-refractivity contribution in [3.05, 3.63) is 42.1 Å². The molecule has 1 aromatic rings. The second-order valence-electron chi connectivity index (χ2n) is 4.85. The lowest BCUT2D eigenvalue weighted by atomic mass is 9.87. The molecule has 0 saturated heterocycles. The monoisotopic (exact) mass is 215 g/mol. The van der Waals surface area contributed by atoms with Crippen molar-refractivity contribution in [3.8, 4) is 0 Å². The fourth-order valence-electron chi connectivity index (χ4n) is 2.38. The molecule has 1 heteroatoms. The maximum atomic E-state index is 4.18. The number of aryl methyl sites for hydroxylation is 1. The van der Waals surface area contributed by atoms with Crippen LogP contribution >= 0.6 is 0 Å². The van der Waals surface area contributed by atoms with Gasteiger partial charge in [0.25, 0.3) is 0 Å². The van der Waals surface area contributed by atoms with Crippen LogP contribution in [0.25, 0.3) is 0 Å². The maximum absolute atomic E-state index is 4.18. The lowest BCUT2D eigenvalue weighted by Gasteiger charge is -2.24. The topological polar surface area (TPSA) is 12.0 Å². The molecular weight excluding hydrogens is 194 g/mol. The van der Waals surface area contributed by atoms with E-state index in [1.165, 1.54) is 49.1 Å². The summed E-state index contributed by atoms with van der Waals surface area (Å²) in [5, 5.41) is 3.44. The standard InChI is InChI=1S/C15H21N/c1-12-8-10-15(11-9-12)16-13(2)14-6-4-3-5-7-14/h8-11,14,16H,2-7H2,1H3. The molecule has 1 saturated carbocycles. The van der Waals surface area contributed by atoms with E-state index in [0.717, 1.165) is 0 Å². The summed E-state index contributed by atoms with van der Waals surface area (Å²) >= 11 is 0. The zero-order valence-corrected chi connectivity index (χ0v) is 10.1. The minimum atomic E-state index is 0.676. The van der Waals surface area contributed by atoms with Gasteiger partial charge in [0.1, 0.15) is 0 Å². The predicted octanol–water partition coefficient (Wildman–Crippen LogP) is 4.50. The summed E-state index contributed by atoms with van der Waals surface area (Å²) in [4.78, 5) is 0. The molecule has 0 spiro atoms. The summed E-state index contributed by atoms with van der Waals surface area (Å²) in [6.45, 7) is 6.30. The highest BCUT2D eigenvalue weighted by Gasteiger charge is 2.16. The van der Waals surface area contributed by atoms with Gasteiger partial charge >= 0.3 is 0 Å². The van der Waals surface area contributed by atoms with E-state index in [1.54, 1.807) is 0 Å². The van der Waals surface area contributed by atoms with Crippen molar-refractivity contribution in [1.29, 1.82) is 0 Å². The van der Waals surface area contributed by atoms with Gasteiger partial charge in [0, 0.05) is 11.4 Å². The lowest BCUT2D eigenvalue weighted by Crippen LogP contribution is -2.14. The molecule has 0 aliphatic heterocycles. The third-order valence-corrected chi connectivity index (χ3v) is 3.45. The fourth-order valence-corrected chi connectivity index (χ4v) is 2.38. The Morgan fingerprint density at radius 1 is 1.12 bits per heavy atom. The van der Waals surface area contributed by atoms with E-state index in [-0.39, 0.29) is 0 Å². The highest BCUT2D eigenvalue weighted by Crippen LogP contribution is 2.29. The van der Waals surface area contributed by atoms with Crippen LogP contribution in [0.1, 0.15) is 37.7 Å². The van der Waals surface area contributed by atoms with Crippen molar-refractivity contribution in [2.24, 2.45) is 5.92 Å². The third kappa shape index (κ3) is 2.88. The van der Waals surface area contributed by atoms with Gasteiger partial charge < -0.3 is 5.32 Å². The van der Waals surface area contributed by atoms with Crippen LogP contribution < -0.4 is 5.32 Å². The Balaban J connectivity index is 1.93. The van der Waals surface area contributed by atoms with E-state index in [9.17, 15) is 0 Å². The van der Waals surface area contributed by atoms with Gasteiger partial charge in [0.15, 0.2) is 0 Å². The van der Waals surface area contributed by atoms with Crippen molar-refractivity contribution in [2.75, 3.05) is 5.32 Å². The summed E-state index contributed by atoms with van der Waals surface area (Å²) in [5.74, 6) is 0.676. The summed E-state index contributed by atoms with van der Waals surface area (Å²) in [5.41, 5.74) is 3.67. The van der Waals surface area contributed by atoms with Gasteiger partial charge in [0.05, 0.1) is 0 Å². The lowest BCUT2D eigenvalue weighted by molar-refractivity contribution is 0.405. The highest BCUT2D eigenvalue weighted by atomic mass is 14.9. The number of hydrogen-bond donors (Lipinski definition) is 1. The summed E-state index contributed by atoms with van der Waals surface area (Å²) in [6, 6.07) is 8.53. The van der Waals surface area contributed by atoms with Crippen molar-refractivity contribution in [2.45, 2.75) is 39.0 Å². The predicted molar refractivity (Wildman–Crippen MR) is 70.5 cm³/mol. The van der Waals surface area contributed by atoms with Gasteiger partial charge in [-0.05, 0) is 37.8 Å². The Bertz CT molecular complexity index is 344. The molecule has 0 radical (unpaired) electrons. The molecule has 2 rings (SSSR count). The first-order chi connectivity index (χ1) is 7.75. The quantitative estimate of drug-likeness (QED) is 0.782. The normalized spacial score (nSPS) is 17.1. The van der Waals surface area contributed by atoms with Gasteiger partial charge in [-0.2, -0.15) is 0 Å². The van der Waals surface area contributed by atoms with Crippen LogP contribution in [0.4, 0.5) is 5.69 Å². The van der Waals surface area contributed by atoms with Crippen LogP contribution in [0.2, 0.25) is 0 Å². The third-order valence-electron chi connectivity index (χ3n) is 3.45. The number of hydrogen-bond acceptors (Lipinski definition) is 1. The molecule has 1 nitrogen and oxygen atoms in total. The van der Waals surface area contributed by atoms with Crippen molar-refractivity contribution >= 4 is 5.69 Å². The van der Waals surface area contributed by atoms with Gasteiger partial charge in [-0.3, -0.25) is 0 Å². The fraction of sp³-hybridized carbons (Fsp3) is 0.467. The van der Waals surface area contributed by atoms with Gasteiger partial charge in [0.2, 0.25) is 0 Å². The second-order valence-corrected chi connectivity index (χ2v) is 4.85. The van der Waals surface area contributed by atoms with Crippen molar-refractivity contribution in [1.82, 2.24) is 0 Å². The summed E-state index contributed by atoms with van der Waals surface area (Å²) in [7, 11) is 0. The number of benzene rings is 1. The molecule has 0 unspecified atom stereocenters. The Labute approximate surface area is 98.6 Å². The minimum Gasteiger partial charge on any atom is -0.359 e. The molecule has 0 atom stereocenters. The van der Waals surface area contributed by atoms with Gasteiger partial charge in [-0.25, -0.2) is 0 Å². The Hall–Kier alpha value is -1.24. The highest BCUT2D eigenvalue weighted by molar-refractivity contribution is 5.49. The second kappa shape index (κ2) is 5.20. The molecule has 16 heavy (non-hydrogen) atoms. The molecule has 1 aliphatic rings. The average molecular weight is 215 g/mol.